The number of benzene rings is 2. The van der Waals surface area contributed by atoms with Gasteiger partial charge in [-0.2, -0.15) is 4.31 Å². The van der Waals surface area contributed by atoms with E-state index in [4.69, 9.17) is 16.3 Å². The Hall–Kier alpha value is -2.09. The minimum Gasteiger partial charge on any atom is -0.494 e. The molecule has 0 bridgehead atoms. The van der Waals surface area contributed by atoms with Gasteiger partial charge in [0.25, 0.3) is 5.91 Å². The van der Waals surface area contributed by atoms with Gasteiger partial charge in [0.15, 0.2) is 0 Å². The van der Waals surface area contributed by atoms with Crippen LogP contribution in [0.2, 0.25) is 5.02 Å². The number of piperidine rings is 1. The molecule has 0 saturated carbocycles. The molecule has 0 atom stereocenters. The molecule has 8 heteroatoms. The monoisotopic (exact) mass is 436 g/mol. The molecule has 1 N–H and O–H groups in total. The summed E-state index contributed by atoms with van der Waals surface area (Å²) in [4.78, 5) is 12.8. The van der Waals surface area contributed by atoms with E-state index in [0.717, 1.165) is 12.8 Å². The van der Waals surface area contributed by atoms with Gasteiger partial charge in [-0.1, -0.05) is 18.5 Å². The van der Waals surface area contributed by atoms with Crippen molar-refractivity contribution in [2.75, 3.05) is 25.0 Å². The van der Waals surface area contributed by atoms with Gasteiger partial charge in [0, 0.05) is 18.8 Å². The molecule has 6 nitrogen and oxygen atoms in total. The van der Waals surface area contributed by atoms with E-state index in [0.29, 0.717) is 37.1 Å². The first-order chi connectivity index (χ1) is 13.8. The summed E-state index contributed by atoms with van der Waals surface area (Å²) < 4.78 is 32.8. The number of sulfonamides is 1. The lowest BCUT2D eigenvalue weighted by molar-refractivity contribution is 0.102. The topological polar surface area (TPSA) is 75.7 Å². The second kappa shape index (κ2) is 9.15. The van der Waals surface area contributed by atoms with Crippen LogP contribution < -0.4 is 10.1 Å². The normalized spacial score (nSPS) is 15.8. The van der Waals surface area contributed by atoms with Crippen LogP contribution in [0.25, 0.3) is 0 Å². The molecular formula is C21H25ClN2O4S. The predicted molar refractivity (Wildman–Crippen MR) is 114 cm³/mol. The van der Waals surface area contributed by atoms with Crippen molar-refractivity contribution in [3.63, 3.8) is 0 Å². The molecule has 0 aromatic heterocycles. The van der Waals surface area contributed by atoms with Crippen molar-refractivity contribution in [1.29, 1.82) is 0 Å². The van der Waals surface area contributed by atoms with Gasteiger partial charge < -0.3 is 10.1 Å². The standard InChI is InChI=1S/C21H25ClN2O4S/c1-3-28-17-6-4-16(5-7-17)23-21(25)19-14-18(8-9-20(19)22)29(26,27)24-12-10-15(2)11-13-24/h4-9,14-15H,3,10-13H2,1-2H3,(H,23,25). The molecule has 156 valence electrons. The highest BCUT2D eigenvalue weighted by atomic mass is 35.5. The van der Waals surface area contributed by atoms with E-state index in [-0.39, 0.29) is 15.5 Å². The van der Waals surface area contributed by atoms with E-state index in [9.17, 15) is 13.2 Å². The molecule has 1 fully saturated rings. The first kappa shape index (κ1) is 21.6. The second-order valence-corrected chi connectivity index (χ2v) is 9.48. The fourth-order valence-electron chi connectivity index (χ4n) is 3.21. The number of hydrogen-bond donors (Lipinski definition) is 1. The molecule has 2 aromatic carbocycles. The lowest BCUT2D eigenvalue weighted by Crippen LogP contribution is -2.37. The fourth-order valence-corrected chi connectivity index (χ4v) is 4.91. The number of carbonyl (C=O) groups excluding carboxylic acids is 1. The van der Waals surface area contributed by atoms with E-state index in [1.165, 1.54) is 22.5 Å². The van der Waals surface area contributed by atoms with Crippen molar-refractivity contribution >= 4 is 33.2 Å². The molecule has 2 aromatic rings. The van der Waals surface area contributed by atoms with Crippen LogP contribution in [0.5, 0.6) is 5.75 Å². The van der Waals surface area contributed by atoms with Gasteiger partial charge in [-0.3, -0.25) is 4.79 Å². The first-order valence-electron chi connectivity index (χ1n) is 9.65. The third kappa shape index (κ3) is 5.10. The van der Waals surface area contributed by atoms with Crippen LogP contribution in [0.4, 0.5) is 5.69 Å². The summed E-state index contributed by atoms with van der Waals surface area (Å²) in [7, 11) is -3.66. The molecular weight excluding hydrogens is 412 g/mol. The van der Waals surface area contributed by atoms with Crippen LogP contribution in [0.15, 0.2) is 47.4 Å². The Morgan fingerprint density at radius 3 is 2.45 bits per heavy atom. The minimum atomic E-state index is -3.66. The molecule has 1 amide bonds. The highest BCUT2D eigenvalue weighted by Crippen LogP contribution is 2.27. The van der Waals surface area contributed by atoms with Crippen LogP contribution >= 0.6 is 11.6 Å². The number of rotatable bonds is 6. The zero-order valence-corrected chi connectivity index (χ0v) is 18.1. The van der Waals surface area contributed by atoms with Gasteiger partial charge >= 0.3 is 0 Å². The number of amides is 1. The molecule has 3 rings (SSSR count). The third-order valence-corrected chi connectivity index (χ3v) is 7.21. The summed E-state index contributed by atoms with van der Waals surface area (Å²) in [6.45, 7) is 5.54. The number of carbonyl (C=O) groups is 1. The highest BCUT2D eigenvalue weighted by Gasteiger charge is 2.29. The SMILES string of the molecule is CCOc1ccc(NC(=O)c2cc(S(=O)(=O)N3CCC(C)CC3)ccc2Cl)cc1. The summed E-state index contributed by atoms with van der Waals surface area (Å²) in [6, 6.07) is 11.2. The third-order valence-electron chi connectivity index (χ3n) is 4.99. The van der Waals surface area contributed by atoms with Gasteiger partial charge in [0.05, 0.1) is 22.1 Å². The molecule has 1 heterocycles. The van der Waals surface area contributed by atoms with Gasteiger partial charge in [-0.05, 0) is 68.1 Å². The number of ether oxygens (including phenoxy) is 1. The van der Waals surface area contributed by atoms with Gasteiger partial charge in [0.1, 0.15) is 5.75 Å². The maximum atomic E-state index is 13.0. The van der Waals surface area contributed by atoms with Crippen molar-refractivity contribution < 1.29 is 17.9 Å². The van der Waals surface area contributed by atoms with Crippen molar-refractivity contribution in [3.8, 4) is 5.75 Å². The molecule has 0 aliphatic carbocycles. The number of anilines is 1. The van der Waals surface area contributed by atoms with E-state index in [2.05, 4.69) is 12.2 Å². The Labute approximate surface area is 176 Å². The maximum absolute atomic E-state index is 13.0. The fraction of sp³-hybridized carbons (Fsp3) is 0.381. The lowest BCUT2D eigenvalue weighted by Gasteiger charge is -2.29. The first-order valence-corrected chi connectivity index (χ1v) is 11.5. The molecule has 1 aliphatic rings. The quantitative estimate of drug-likeness (QED) is 0.727. The molecule has 29 heavy (non-hydrogen) atoms. The zero-order chi connectivity index (χ0) is 21.0. The average molecular weight is 437 g/mol. The Kier molecular flexibility index (Phi) is 6.82. The largest absolute Gasteiger partial charge is 0.494 e. The number of halogens is 1. The highest BCUT2D eigenvalue weighted by molar-refractivity contribution is 7.89. The molecule has 1 aliphatic heterocycles. The zero-order valence-electron chi connectivity index (χ0n) is 16.5. The van der Waals surface area contributed by atoms with Crippen molar-refractivity contribution in [2.45, 2.75) is 31.6 Å². The number of hydrogen-bond acceptors (Lipinski definition) is 4. The predicted octanol–water partition coefficient (Wildman–Crippen LogP) is 4.41. The van der Waals surface area contributed by atoms with Crippen molar-refractivity contribution in [2.24, 2.45) is 5.92 Å². The summed E-state index contributed by atoms with van der Waals surface area (Å²) >= 11 is 6.19. The van der Waals surface area contributed by atoms with Gasteiger partial charge in [-0.25, -0.2) is 8.42 Å². The number of nitrogens with one attached hydrogen (secondary N) is 1. The average Bonchev–Trinajstić information content (AvgIpc) is 2.70. The molecule has 1 saturated heterocycles. The Bertz CT molecular complexity index is 969. The smallest absolute Gasteiger partial charge is 0.257 e. The van der Waals surface area contributed by atoms with E-state index in [1.807, 2.05) is 6.92 Å². The maximum Gasteiger partial charge on any atom is 0.257 e. The Morgan fingerprint density at radius 2 is 1.83 bits per heavy atom. The molecule has 0 spiro atoms. The summed E-state index contributed by atoms with van der Waals surface area (Å²) in [5.41, 5.74) is 0.680. The van der Waals surface area contributed by atoms with Gasteiger partial charge in [0.2, 0.25) is 10.0 Å². The summed E-state index contributed by atoms with van der Waals surface area (Å²) in [5, 5.41) is 2.94. The summed E-state index contributed by atoms with van der Waals surface area (Å²) in [5.74, 6) is 0.748. The number of nitrogens with zero attached hydrogens (tertiary/aromatic N) is 1. The van der Waals surface area contributed by atoms with Crippen LogP contribution in [0.1, 0.15) is 37.0 Å². The van der Waals surface area contributed by atoms with E-state index >= 15 is 0 Å². The van der Waals surface area contributed by atoms with Crippen LogP contribution in [0.3, 0.4) is 0 Å². The minimum absolute atomic E-state index is 0.0771. The van der Waals surface area contributed by atoms with Crippen LogP contribution in [-0.4, -0.2) is 38.3 Å². The summed E-state index contributed by atoms with van der Waals surface area (Å²) in [6.07, 6.45) is 1.66. The van der Waals surface area contributed by atoms with E-state index in [1.54, 1.807) is 24.3 Å². The molecule has 0 unspecified atom stereocenters. The lowest BCUT2D eigenvalue weighted by atomic mass is 10.0. The Morgan fingerprint density at radius 1 is 1.17 bits per heavy atom. The van der Waals surface area contributed by atoms with Crippen molar-refractivity contribution in [1.82, 2.24) is 4.31 Å². The molecule has 0 radical (unpaired) electrons. The van der Waals surface area contributed by atoms with Gasteiger partial charge in [-0.15, -0.1) is 0 Å². The van der Waals surface area contributed by atoms with Crippen molar-refractivity contribution in [3.05, 3.63) is 53.1 Å². The van der Waals surface area contributed by atoms with E-state index < -0.39 is 15.9 Å². The van der Waals surface area contributed by atoms with Crippen LogP contribution in [0, 0.1) is 5.92 Å². The second-order valence-electron chi connectivity index (χ2n) is 7.14. The van der Waals surface area contributed by atoms with Crippen LogP contribution in [-0.2, 0) is 10.0 Å². The Balaban J connectivity index is 1.80.